The molecule has 4 heteroatoms. The normalized spacial score (nSPS) is 11.9. The average molecular weight is 334 g/mol. The molecule has 0 aliphatic heterocycles. The Bertz CT molecular complexity index is 826. The van der Waals surface area contributed by atoms with Crippen LogP contribution in [0.4, 0.5) is 0 Å². The molecule has 0 aliphatic rings. The lowest BCUT2D eigenvalue weighted by atomic mass is 10.0. The van der Waals surface area contributed by atoms with Crippen molar-refractivity contribution in [1.29, 1.82) is 0 Å². The molecule has 25 heavy (non-hydrogen) atoms. The van der Waals surface area contributed by atoms with Crippen LogP contribution in [0.2, 0.25) is 0 Å². The fourth-order valence-electron chi connectivity index (χ4n) is 3.00. The highest BCUT2D eigenvalue weighted by Gasteiger charge is 2.25. The predicted octanol–water partition coefficient (Wildman–Crippen LogP) is 4.73. The molecule has 3 rings (SSSR count). The first-order chi connectivity index (χ1) is 12.3. The zero-order valence-corrected chi connectivity index (χ0v) is 14.6. The van der Waals surface area contributed by atoms with Crippen molar-refractivity contribution < 1.29 is 9.53 Å². The van der Waals surface area contributed by atoms with E-state index in [1.807, 2.05) is 79.1 Å². The zero-order chi connectivity index (χ0) is 17.6. The molecule has 0 spiro atoms. The third-order valence-electron chi connectivity index (χ3n) is 4.17. The Morgan fingerprint density at radius 3 is 2.16 bits per heavy atom. The Morgan fingerprint density at radius 1 is 1.00 bits per heavy atom. The molecule has 0 saturated carbocycles. The van der Waals surface area contributed by atoms with Crippen molar-refractivity contribution in [2.24, 2.45) is 0 Å². The van der Waals surface area contributed by atoms with Gasteiger partial charge in [-0.15, -0.1) is 0 Å². The Hall–Kier alpha value is -2.88. The van der Waals surface area contributed by atoms with Gasteiger partial charge in [0.1, 0.15) is 6.04 Å². The number of nitrogens with zero attached hydrogens (tertiary/aromatic N) is 2. The average Bonchev–Trinajstić information content (AvgIpc) is 3.09. The van der Waals surface area contributed by atoms with E-state index < -0.39 is 0 Å². The number of hydrogen-bond acceptors (Lipinski definition) is 3. The molecule has 1 atom stereocenters. The van der Waals surface area contributed by atoms with Crippen LogP contribution in [0.1, 0.15) is 26.3 Å². The maximum Gasteiger partial charge on any atom is 0.329 e. The highest BCUT2D eigenvalue weighted by atomic mass is 16.5. The van der Waals surface area contributed by atoms with Crippen LogP contribution in [-0.2, 0) is 9.53 Å². The molecule has 128 valence electrons. The van der Waals surface area contributed by atoms with E-state index >= 15 is 0 Å². The van der Waals surface area contributed by atoms with Crippen molar-refractivity contribution in [3.8, 4) is 22.5 Å². The Morgan fingerprint density at radius 2 is 1.60 bits per heavy atom. The van der Waals surface area contributed by atoms with Crippen molar-refractivity contribution in [1.82, 2.24) is 9.55 Å². The molecule has 0 radical (unpaired) electrons. The van der Waals surface area contributed by atoms with E-state index in [-0.39, 0.29) is 12.0 Å². The first kappa shape index (κ1) is 17.0. The van der Waals surface area contributed by atoms with Gasteiger partial charge in [-0.2, -0.15) is 0 Å². The maximum absolute atomic E-state index is 12.4. The summed E-state index contributed by atoms with van der Waals surface area (Å²) in [4.78, 5) is 17.1. The molecule has 0 amide bonds. The van der Waals surface area contributed by atoms with E-state index in [4.69, 9.17) is 4.74 Å². The van der Waals surface area contributed by atoms with E-state index in [1.54, 1.807) is 6.33 Å². The molecule has 1 unspecified atom stereocenters. The van der Waals surface area contributed by atoms with Crippen LogP contribution in [0.15, 0.2) is 67.0 Å². The molecular weight excluding hydrogens is 312 g/mol. The minimum atomic E-state index is -0.389. The van der Waals surface area contributed by atoms with Gasteiger partial charge in [0.05, 0.1) is 24.3 Å². The van der Waals surface area contributed by atoms with Crippen molar-refractivity contribution in [3.63, 3.8) is 0 Å². The molecule has 3 aromatic rings. The van der Waals surface area contributed by atoms with E-state index in [2.05, 4.69) is 4.98 Å². The lowest BCUT2D eigenvalue weighted by molar-refractivity contribution is -0.147. The minimum Gasteiger partial charge on any atom is -0.464 e. The van der Waals surface area contributed by atoms with E-state index in [0.717, 1.165) is 22.5 Å². The van der Waals surface area contributed by atoms with Gasteiger partial charge < -0.3 is 9.30 Å². The molecule has 1 heterocycles. The fourth-order valence-corrected chi connectivity index (χ4v) is 3.00. The molecule has 0 aliphatic carbocycles. The van der Waals surface area contributed by atoms with Crippen LogP contribution >= 0.6 is 0 Å². The summed E-state index contributed by atoms with van der Waals surface area (Å²) in [6.07, 6.45) is 2.39. The largest absolute Gasteiger partial charge is 0.464 e. The summed E-state index contributed by atoms with van der Waals surface area (Å²) in [6.45, 7) is 4.18. The highest BCUT2D eigenvalue weighted by molar-refractivity contribution is 5.81. The number of carbonyl (C=O) groups excluding carboxylic acids is 1. The summed E-state index contributed by atoms with van der Waals surface area (Å²) in [6, 6.07) is 19.7. The Balaban J connectivity index is 2.16. The standard InChI is InChI=1S/C21H22N2O2/c1-3-18(21(24)25-4-2)23-15-22-19(16-11-7-5-8-12-16)20(23)17-13-9-6-10-14-17/h5-15,18H,3-4H2,1-2H3. The third kappa shape index (κ3) is 3.48. The molecule has 4 nitrogen and oxygen atoms in total. The molecule has 0 N–H and O–H groups in total. The van der Waals surface area contributed by atoms with E-state index in [0.29, 0.717) is 13.0 Å². The number of aromatic nitrogens is 2. The summed E-state index contributed by atoms with van der Waals surface area (Å²) >= 11 is 0. The number of hydrogen-bond donors (Lipinski definition) is 0. The molecule has 0 saturated heterocycles. The summed E-state index contributed by atoms with van der Waals surface area (Å²) in [7, 11) is 0. The van der Waals surface area contributed by atoms with Crippen LogP contribution in [0, 0.1) is 0 Å². The van der Waals surface area contributed by atoms with Gasteiger partial charge in [0, 0.05) is 11.1 Å². The summed E-state index contributed by atoms with van der Waals surface area (Å²) in [5.41, 5.74) is 3.86. The highest BCUT2D eigenvalue weighted by Crippen LogP contribution is 2.34. The Labute approximate surface area is 148 Å². The first-order valence-corrected chi connectivity index (χ1v) is 8.60. The lowest BCUT2D eigenvalue weighted by Crippen LogP contribution is -2.21. The number of carbonyl (C=O) groups is 1. The number of esters is 1. The summed E-state index contributed by atoms with van der Waals surface area (Å²) in [5, 5.41) is 0. The van der Waals surface area contributed by atoms with Gasteiger partial charge in [0.25, 0.3) is 0 Å². The van der Waals surface area contributed by atoms with Gasteiger partial charge >= 0.3 is 5.97 Å². The van der Waals surface area contributed by atoms with Gasteiger partial charge in [0.2, 0.25) is 0 Å². The summed E-state index contributed by atoms with van der Waals surface area (Å²) in [5.74, 6) is -0.223. The van der Waals surface area contributed by atoms with Gasteiger partial charge in [-0.3, -0.25) is 0 Å². The summed E-state index contributed by atoms with van der Waals surface area (Å²) < 4.78 is 7.21. The van der Waals surface area contributed by atoms with Crippen LogP contribution in [0.25, 0.3) is 22.5 Å². The second-order valence-electron chi connectivity index (χ2n) is 5.76. The van der Waals surface area contributed by atoms with E-state index in [1.165, 1.54) is 0 Å². The van der Waals surface area contributed by atoms with Crippen LogP contribution in [0.5, 0.6) is 0 Å². The van der Waals surface area contributed by atoms with Gasteiger partial charge in [-0.05, 0) is 13.3 Å². The van der Waals surface area contributed by atoms with Gasteiger partial charge in [-0.25, -0.2) is 9.78 Å². The van der Waals surface area contributed by atoms with Crippen LogP contribution in [0.3, 0.4) is 0 Å². The van der Waals surface area contributed by atoms with Crippen molar-refractivity contribution in [2.45, 2.75) is 26.3 Å². The second kappa shape index (κ2) is 7.79. The van der Waals surface area contributed by atoms with Crippen LogP contribution in [-0.4, -0.2) is 22.1 Å². The molecular formula is C21H22N2O2. The smallest absolute Gasteiger partial charge is 0.329 e. The number of rotatable bonds is 6. The number of benzene rings is 2. The SMILES string of the molecule is CCOC(=O)C(CC)n1cnc(-c2ccccc2)c1-c1ccccc1. The monoisotopic (exact) mass is 334 g/mol. The number of imidazole rings is 1. The van der Waals surface area contributed by atoms with Crippen LogP contribution < -0.4 is 0 Å². The van der Waals surface area contributed by atoms with Crippen molar-refractivity contribution in [3.05, 3.63) is 67.0 Å². The second-order valence-corrected chi connectivity index (χ2v) is 5.76. The third-order valence-corrected chi connectivity index (χ3v) is 4.17. The molecule has 0 bridgehead atoms. The van der Waals surface area contributed by atoms with Crippen molar-refractivity contribution >= 4 is 5.97 Å². The van der Waals surface area contributed by atoms with E-state index in [9.17, 15) is 4.79 Å². The molecule has 1 aromatic heterocycles. The lowest BCUT2D eigenvalue weighted by Gasteiger charge is -2.19. The topological polar surface area (TPSA) is 44.1 Å². The van der Waals surface area contributed by atoms with Gasteiger partial charge in [-0.1, -0.05) is 67.6 Å². The first-order valence-electron chi connectivity index (χ1n) is 8.60. The van der Waals surface area contributed by atoms with Crippen molar-refractivity contribution in [2.75, 3.05) is 6.61 Å². The molecule has 0 fully saturated rings. The fraction of sp³-hybridized carbons (Fsp3) is 0.238. The number of ether oxygens (including phenoxy) is 1. The minimum absolute atomic E-state index is 0.223. The maximum atomic E-state index is 12.4. The predicted molar refractivity (Wildman–Crippen MR) is 99.1 cm³/mol. The van der Waals surface area contributed by atoms with Gasteiger partial charge in [0.15, 0.2) is 0 Å². The zero-order valence-electron chi connectivity index (χ0n) is 14.6. The quantitative estimate of drug-likeness (QED) is 0.612. The molecule has 2 aromatic carbocycles. The Kier molecular flexibility index (Phi) is 5.29.